The highest BCUT2D eigenvalue weighted by molar-refractivity contribution is 9.10. The standard InChI is InChI=1S/C13H14BrN3O2/c1-8-10-6-12(18)17(9-2-4-19-5-3-9)7-11(10)13(14)16-15-8/h6-7,9H,2-5H2,1H3. The lowest BCUT2D eigenvalue weighted by Gasteiger charge is -2.24. The summed E-state index contributed by atoms with van der Waals surface area (Å²) in [5.41, 5.74) is 0.789. The third kappa shape index (κ3) is 2.30. The Balaban J connectivity index is 2.18. The van der Waals surface area contributed by atoms with Crippen molar-refractivity contribution in [2.24, 2.45) is 0 Å². The van der Waals surface area contributed by atoms with E-state index in [2.05, 4.69) is 26.1 Å². The summed E-state index contributed by atoms with van der Waals surface area (Å²) in [6, 6.07) is 1.87. The summed E-state index contributed by atoms with van der Waals surface area (Å²) in [4.78, 5) is 12.3. The van der Waals surface area contributed by atoms with Crippen molar-refractivity contribution in [3.05, 3.63) is 32.9 Å². The second-order valence-electron chi connectivity index (χ2n) is 4.77. The lowest BCUT2D eigenvalue weighted by molar-refractivity contribution is 0.0688. The smallest absolute Gasteiger partial charge is 0.251 e. The molecule has 5 nitrogen and oxygen atoms in total. The summed E-state index contributed by atoms with van der Waals surface area (Å²) >= 11 is 3.40. The molecule has 3 heterocycles. The molecule has 0 N–H and O–H groups in total. The summed E-state index contributed by atoms with van der Waals surface area (Å²) in [7, 11) is 0. The Morgan fingerprint density at radius 2 is 2.05 bits per heavy atom. The molecule has 1 aliphatic heterocycles. The Kier molecular flexibility index (Phi) is 3.36. The number of ether oxygens (including phenoxy) is 1. The highest BCUT2D eigenvalue weighted by atomic mass is 79.9. The molecule has 3 rings (SSSR count). The van der Waals surface area contributed by atoms with Crippen LogP contribution in [0.3, 0.4) is 0 Å². The molecule has 2 aromatic heterocycles. The zero-order valence-electron chi connectivity index (χ0n) is 10.6. The van der Waals surface area contributed by atoms with Crippen molar-refractivity contribution in [3.63, 3.8) is 0 Å². The number of aryl methyl sites for hydroxylation is 1. The Morgan fingerprint density at radius 1 is 1.32 bits per heavy atom. The van der Waals surface area contributed by atoms with Crippen LogP contribution in [-0.2, 0) is 4.74 Å². The van der Waals surface area contributed by atoms with Crippen molar-refractivity contribution in [3.8, 4) is 0 Å². The number of hydrogen-bond acceptors (Lipinski definition) is 4. The SMILES string of the molecule is Cc1nnc(Br)c2cn(C3CCOCC3)c(=O)cc12. The first kappa shape index (κ1) is 12.7. The summed E-state index contributed by atoms with van der Waals surface area (Å²) in [5, 5.41) is 9.86. The van der Waals surface area contributed by atoms with Crippen molar-refractivity contribution in [1.29, 1.82) is 0 Å². The van der Waals surface area contributed by atoms with Gasteiger partial charge in [0.05, 0.1) is 5.69 Å². The summed E-state index contributed by atoms with van der Waals surface area (Å²) in [6.45, 7) is 3.29. The Morgan fingerprint density at radius 3 is 2.79 bits per heavy atom. The average Bonchev–Trinajstić information content (AvgIpc) is 2.44. The van der Waals surface area contributed by atoms with E-state index in [1.807, 2.05) is 13.1 Å². The molecule has 1 aliphatic rings. The van der Waals surface area contributed by atoms with Gasteiger partial charge in [0.15, 0.2) is 0 Å². The van der Waals surface area contributed by atoms with Crippen molar-refractivity contribution in [2.45, 2.75) is 25.8 Å². The van der Waals surface area contributed by atoms with Gasteiger partial charge in [0.25, 0.3) is 5.56 Å². The van der Waals surface area contributed by atoms with Crippen LogP contribution < -0.4 is 5.56 Å². The van der Waals surface area contributed by atoms with E-state index in [4.69, 9.17) is 4.74 Å². The molecule has 0 radical (unpaired) electrons. The van der Waals surface area contributed by atoms with Crippen LogP contribution in [0.1, 0.15) is 24.6 Å². The fourth-order valence-corrected chi connectivity index (χ4v) is 2.88. The number of aromatic nitrogens is 3. The Hall–Kier alpha value is -1.27. The largest absolute Gasteiger partial charge is 0.381 e. The van der Waals surface area contributed by atoms with Crippen LogP contribution in [0.15, 0.2) is 21.7 Å². The van der Waals surface area contributed by atoms with Crippen molar-refractivity contribution >= 4 is 26.7 Å². The van der Waals surface area contributed by atoms with Gasteiger partial charge >= 0.3 is 0 Å². The Bertz CT molecular complexity index is 677. The molecule has 1 saturated heterocycles. The Labute approximate surface area is 118 Å². The minimum absolute atomic E-state index is 0.0161. The molecule has 2 aromatic rings. The van der Waals surface area contributed by atoms with Gasteiger partial charge in [-0.25, -0.2) is 0 Å². The lowest BCUT2D eigenvalue weighted by Crippen LogP contribution is -2.28. The van der Waals surface area contributed by atoms with Crippen molar-refractivity contribution in [1.82, 2.24) is 14.8 Å². The number of pyridine rings is 1. The van der Waals surface area contributed by atoms with Gasteiger partial charge < -0.3 is 9.30 Å². The number of hydrogen-bond donors (Lipinski definition) is 0. The maximum absolute atomic E-state index is 12.3. The maximum Gasteiger partial charge on any atom is 0.251 e. The molecule has 0 atom stereocenters. The summed E-state index contributed by atoms with van der Waals surface area (Å²) in [5.74, 6) is 0. The summed E-state index contributed by atoms with van der Waals surface area (Å²) in [6.07, 6.45) is 3.64. The predicted octanol–water partition coefficient (Wildman–Crippen LogP) is 2.21. The van der Waals surface area contributed by atoms with Gasteiger partial charge in [0.2, 0.25) is 0 Å². The number of nitrogens with zero attached hydrogens (tertiary/aromatic N) is 3. The quantitative estimate of drug-likeness (QED) is 0.807. The van der Waals surface area contributed by atoms with E-state index in [1.165, 1.54) is 0 Å². The minimum atomic E-state index is 0.0161. The monoisotopic (exact) mass is 323 g/mol. The van der Waals surface area contributed by atoms with Gasteiger partial charge in [-0.1, -0.05) is 0 Å². The second kappa shape index (κ2) is 5.02. The highest BCUT2D eigenvalue weighted by Crippen LogP contribution is 2.25. The molecular formula is C13H14BrN3O2. The molecule has 0 spiro atoms. The van der Waals surface area contributed by atoms with Crippen LogP contribution in [0.5, 0.6) is 0 Å². The maximum atomic E-state index is 12.3. The van der Waals surface area contributed by atoms with E-state index < -0.39 is 0 Å². The fourth-order valence-electron chi connectivity index (χ4n) is 2.49. The molecule has 0 unspecified atom stereocenters. The molecule has 0 aliphatic carbocycles. The van der Waals surface area contributed by atoms with Gasteiger partial charge in [-0.3, -0.25) is 4.79 Å². The van der Waals surface area contributed by atoms with Crippen LogP contribution in [-0.4, -0.2) is 28.0 Å². The van der Waals surface area contributed by atoms with Gasteiger partial charge in [0.1, 0.15) is 4.60 Å². The average molecular weight is 324 g/mol. The molecule has 0 saturated carbocycles. The van der Waals surface area contributed by atoms with Gasteiger partial charge in [0, 0.05) is 42.3 Å². The molecule has 0 amide bonds. The molecule has 0 bridgehead atoms. The van der Waals surface area contributed by atoms with Gasteiger partial charge in [-0.15, -0.1) is 5.10 Å². The molecule has 19 heavy (non-hydrogen) atoms. The molecular weight excluding hydrogens is 310 g/mol. The van der Waals surface area contributed by atoms with Gasteiger partial charge in [-0.05, 0) is 35.7 Å². The van der Waals surface area contributed by atoms with E-state index in [0.717, 1.165) is 29.3 Å². The molecule has 100 valence electrons. The first-order chi connectivity index (χ1) is 9.16. The zero-order chi connectivity index (χ0) is 13.4. The molecule has 6 heteroatoms. The minimum Gasteiger partial charge on any atom is -0.381 e. The van der Waals surface area contributed by atoms with Crippen molar-refractivity contribution in [2.75, 3.05) is 13.2 Å². The first-order valence-corrected chi connectivity index (χ1v) is 7.08. The van der Waals surface area contributed by atoms with Crippen LogP contribution in [0.2, 0.25) is 0 Å². The predicted molar refractivity (Wildman–Crippen MR) is 75.3 cm³/mol. The molecule has 1 fully saturated rings. The molecule has 0 aromatic carbocycles. The number of fused-ring (bicyclic) bond motifs is 1. The topological polar surface area (TPSA) is 57.0 Å². The third-order valence-corrected chi connectivity index (χ3v) is 4.15. The van der Waals surface area contributed by atoms with Gasteiger partial charge in [-0.2, -0.15) is 5.10 Å². The van der Waals surface area contributed by atoms with E-state index in [1.54, 1.807) is 10.6 Å². The lowest BCUT2D eigenvalue weighted by atomic mass is 10.1. The zero-order valence-corrected chi connectivity index (χ0v) is 12.2. The normalized spacial score (nSPS) is 16.9. The van der Waals surface area contributed by atoms with E-state index in [9.17, 15) is 4.79 Å². The van der Waals surface area contributed by atoms with E-state index in [-0.39, 0.29) is 11.6 Å². The highest BCUT2D eigenvalue weighted by Gasteiger charge is 2.18. The van der Waals surface area contributed by atoms with Crippen molar-refractivity contribution < 1.29 is 4.74 Å². The third-order valence-electron chi connectivity index (χ3n) is 3.56. The van der Waals surface area contributed by atoms with Crippen LogP contribution in [0.25, 0.3) is 10.8 Å². The van der Waals surface area contributed by atoms with Crippen LogP contribution in [0.4, 0.5) is 0 Å². The first-order valence-electron chi connectivity index (χ1n) is 6.29. The summed E-state index contributed by atoms with van der Waals surface area (Å²) < 4.78 is 7.82. The second-order valence-corrected chi connectivity index (χ2v) is 5.52. The fraction of sp³-hybridized carbons (Fsp3) is 0.462. The van der Waals surface area contributed by atoms with E-state index in [0.29, 0.717) is 17.8 Å². The van der Waals surface area contributed by atoms with Crippen LogP contribution in [0, 0.1) is 6.92 Å². The van der Waals surface area contributed by atoms with E-state index >= 15 is 0 Å². The number of halogens is 1. The van der Waals surface area contributed by atoms with Crippen LogP contribution >= 0.6 is 15.9 Å². The number of rotatable bonds is 1.